The first kappa shape index (κ1) is 17.0. The third kappa shape index (κ3) is 3.88. The third-order valence-corrected chi connectivity index (χ3v) is 5.46. The fraction of sp³-hybridized carbons (Fsp3) is 0.429. The van der Waals surface area contributed by atoms with Gasteiger partial charge >= 0.3 is 0 Å². The maximum absolute atomic E-state index is 12.6. The van der Waals surface area contributed by atoms with Gasteiger partial charge in [0.25, 0.3) is 0 Å². The molecule has 26 heavy (non-hydrogen) atoms. The number of benzene rings is 1. The van der Waals surface area contributed by atoms with E-state index in [0.717, 1.165) is 58.1 Å². The minimum absolute atomic E-state index is 0.282. The Morgan fingerprint density at radius 3 is 2.46 bits per heavy atom. The molecule has 2 aromatic rings. The number of carbonyl (C=O) groups is 1. The molecule has 3 heterocycles. The Hall–Kier alpha value is -2.40. The molecule has 5 heteroatoms. The summed E-state index contributed by atoms with van der Waals surface area (Å²) < 4.78 is 0. The maximum atomic E-state index is 12.6. The topological polar surface area (TPSA) is 39.7 Å². The second kappa shape index (κ2) is 7.87. The van der Waals surface area contributed by atoms with E-state index in [4.69, 9.17) is 0 Å². The number of nitrogens with zero attached hydrogens (tertiary/aromatic N) is 4. The van der Waals surface area contributed by atoms with Gasteiger partial charge in [-0.05, 0) is 29.7 Å². The summed E-state index contributed by atoms with van der Waals surface area (Å²) in [7, 11) is 0. The molecule has 0 radical (unpaired) electrons. The summed E-state index contributed by atoms with van der Waals surface area (Å²) in [6.07, 6.45) is 3.53. The molecule has 5 nitrogen and oxygen atoms in total. The molecule has 2 aliphatic heterocycles. The van der Waals surface area contributed by atoms with E-state index in [9.17, 15) is 4.79 Å². The first-order valence-electron chi connectivity index (χ1n) is 9.52. The number of hydrogen-bond acceptors (Lipinski definition) is 4. The Bertz CT molecular complexity index is 741. The summed E-state index contributed by atoms with van der Waals surface area (Å²) in [4.78, 5) is 23.7. The van der Waals surface area contributed by atoms with E-state index in [0.29, 0.717) is 6.42 Å². The van der Waals surface area contributed by atoms with Gasteiger partial charge < -0.3 is 9.80 Å². The van der Waals surface area contributed by atoms with Crippen molar-refractivity contribution in [3.8, 4) is 0 Å². The Morgan fingerprint density at radius 1 is 0.923 bits per heavy atom. The van der Waals surface area contributed by atoms with Crippen molar-refractivity contribution in [3.63, 3.8) is 0 Å². The molecule has 0 spiro atoms. The lowest BCUT2D eigenvalue weighted by Crippen LogP contribution is -2.49. The van der Waals surface area contributed by atoms with Gasteiger partial charge in [0.15, 0.2) is 0 Å². The fourth-order valence-corrected chi connectivity index (χ4v) is 3.88. The van der Waals surface area contributed by atoms with E-state index >= 15 is 0 Å². The number of pyridine rings is 1. The largest absolute Gasteiger partial charge is 0.353 e. The quantitative estimate of drug-likeness (QED) is 0.847. The van der Waals surface area contributed by atoms with Crippen molar-refractivity contribution in [3.05, 3.63) is 59.8 Å². The normalized spacial score (nSPS) is 17.8. The van der Waals surface area contributed by atoms with Crippen LogP contribution in [0.1, 0.15) is 17.5 Å². The summed E-state index contributed by atoms with van der Waals surface area (Å²) in [6, 6.07) is 14.6. The van der Waals surface area contributed by atoms with Crippen molar-refractivity contribution >= 4 is 11.7 Å². The highest BCUT2D eigenvalue weighted by molar-refractivity contribution is 5.76. The van der Waals surface area contributed by atoms with Crippen LogP contribution < -0.4 is 4.90 Å². The lowest BCUT2D eigenvalue weighted by Gasteiger charge is -2.36. The second-order valence-electron chi connectivity index (χ2n) is 7.10. The van der Waals surface area contributed by atoms with Crippen molar-refractivity contribution < 1.29 is 4.79 Å². The highest BCUT2D eigenvalue weighted by atomic mass is 16.2. The average molecular weight is 350 g/mol. The first-order chi connectivity index (χ1) is 12.8. The molecule has 1 fully saturated rings. The second-order valence-corrected chi connectivity index (χ2v) is 7.10. The van der Waals surface area contributed by atoms with E-state index in [2.05, 4.69) is 39.0 Å². The van der Waals surface area contributed by atoms with E-state index in [-0.39, 0.29) is 5.91 Å². The van der Waals surface area contributed by atoms with Crippen LogP contribution in [0.2, 0.25) is 0 Å². The molecule has 4 rings (SSSR count). The molecule has 0 bridgehead atoms. The van der Waals surface area contributed by atoms with Crippen LogP contribution >= 0.6 is 0 Å². The maximum Gasteiger partial charge on any atom is 0.223 e. The van der Waals surface area contributed by atoms with Gasteiger partial charge in [-0.2, -0.15) is 0 Å². The van der Waals surface area contributed by atoms with Crippen LogP contribution in [0.4, 0.5) is 5.82 Å². The molecule has 2 aliphatic rings. The molecular weight excluding hydrogens is 324 g/mol. The van der Waals surface area contributed by atoms with Gasteiger partial charge in [-0.3, -0.25) is 9.69 Å². The van der Waals surface area contributed by atoms with Crippen molar-refractivity contribution in [2.75, 3.05) is 44.2 Å². The van der Waals surface area contributed by atoms with Crippen LogP contribution in [0.3, 0.4) is 0 Å². The summed E-state index contributed by atoms with van der Waals surface area (Å²) >= 11 is 0. The highest BCUT2D eigenvalue weighted by Gasteiger charge is 2.23. The number of fused-ring (bicyclic) bond motifs is 1. The number of piperazine rings is 1. The zero-order valence-electron chi connectivity index (χ0n) is 15.2. The molecule has 1 amide bonds. The Kier molecular flexibility index (Phi) is 5.16. The zero-order chi connectivity index (χ0) is 17.8. The fourth-order valence-electron chi connectivity index (χ4n) is 3.88. The van der Waals surface area contributed by atoms with Crippen LogP contribution in [0, 0.1) is 0 Å². The molecule has 1 saturated heterocycles. The number of carbonyl (C=O) groups excluding carboxylic acids is 1. The standard InChI is InChI=1S/C21H26N4O/c26-21(9-12-23-11-8-18-5-1-2-6-19(18)17-23)25-15-13-24(14-16-25)20-7-3-4-10-22-20/h1-7,10H,8-9,11-17H2. The molecule has 136 valence electrons. The lowest BCUT2D eigenvalue weighted by atomic mass is 10.00. The number of aromatic nitrogens is 1. The van der Waals surface area contributed by atoms with Crippen molar-refractivity contribution in [1.82, 2.24) is 14.8 Å². The van der Waals surface area contributed by atoms with E-state index in [1.807, 2.05) is 29.3 Å². The molecule has 1 aromatic carbocycles. The number of anilines is 1. The van der Waals surface area contributed by atoms with Gasteiger partial charge in [-0.25, -0.2) is 4.98 Å². The lowest BCUT2D eigenvalue weighted by molar-refractivity contribution is -0.131. The smallest absolute Gasteiger partial charge is 0.223 e. The summed E-state index contributed by atoms with van der Waals surface area (Å²) in [5.41, 5.74) is 2.87. The Labute approximate surface area is 155 Å². The van der Waals surface area contributed by atoms with Crippen LogP contribution in [-0.4, -0.2) is 60.0 Å². The van der Waals surface area contributed by atoms with Crippen molar-refractivity contribution in [1.29, 1.82) is 0 Å². The van der Waals surface area contributed by atoms with E-state index in [1.54, 1.807) is 0 Å². The molecule has 0 unspecified atom stereocenters. The Balaban J connectivity index is 1.24. The predicted molar refractivity (Wildman–Crippen MR) is 103 cm³/mol. The molecule has 0 aliphatic carbocycles. The van der Waals surface area contributed by atoms with Crippen LogP contribution in [0.15, 0.2) is 48.7 Å². The van der Waals surface area contributed by atoms with Crippen LogP contribution in [0.5, 0.6) is 0 Å². The molecule has 0 saturated carbocycles. The molecular formula is C21H26N4O. The molecule has 1 aromatic heterocycles. The molecule has 0 atom stereocenters. The van der Waals surface area contributed by atoms with Crippen LogP contribution in [-0.2, 0) is 17.8 Å². The van der Waals surface area contributed by atoms with Gasteiger partial charge in [0.2, 0.25) is 5.91 Å². The zero-order valence-corrected chi connectivity index (χ0v) is 15.2. The van der Waals surface area contributed by atoms with Gasteiger partial charge in [-0.1, -0.05) is 30.3 Å². The third-order valence-electron chi connectivity index (χ3n) is 5.46. The SMILES string of the molecule is O=C(CCN1CCc2ccccc2C1)N1CCN(c2ccccn2)CC1. The molecule has 0 N–H and O–H groups in total. The predicted octanol–water partition coefficient (Wildman–Crippen LogP) is 2.18. The average Bonchev–Trinajstić information content (AvgIpc) is 2.72. The monoisotopic (exact) mass is 350 g/mol. The van der Waals surface area contributed by atoms with Gasteiger partial charge in [0.1, 0.15) is 5.82 Å². The first-order valence-corrected chi connectivity index (χ1v) is 9.52. The highest BCUT2D eigenvalue weighted by Crippen LogP contribution is 2.19. The van der Waals surface area contributed by atoms with Gasteiger partial charge in [0.05, 0.1) is 0 Å². The number of rotatable bonds is 4. The van der Waals surface area contributed by atoms with Gasteiger partial charge in [-0.15, -0.1) is 0 Å². The van der Waals surface area contributed by atoms with Crippen molar-refractivity contribution in [2.45, 2.75) is 19.4 Å². The van der Waals surface area contributed by atoms with Crippen LogP contribution in [0.25, 0.3) is 0 Å². The van der Waals surface area contributed by atoms with Gasteiger partial charge in [0, 0.05) is 58.4 Å². The summed E-state index contributed by atoms with van der Waals surface area (Å²) in [5, 5.41) is 0. The Morgan fingerprint density at radius 2 is 1.69 bits per heavy atom. The minimum atomic E-state index is 0.282. The number of amides is 1. The summed E-state index contributed by atoms with van der Waals surface area (Å²) in [5.74, 6) is 1.29. The van der Waals surface area contributed by atoms with E-state index < -0.39 is 0 Å². The van der Waals surface area contributed by atoms with Crippen molar-refractivity contribution in [2.24, 2.45) is 0 Å². The van der Waals surface area contributed by atoms with E-state index in [1.165, 1.54) is 11.1 Å². The minimum Gasteiger partial charge on any atom is -0.353 e. The summed E-state index contributed by atoms with van der Waals surface area (Å²) in [6.45, 7) is 6.18. The number of hydrogen-bond donors (Lipinski definition) is 0.